The van der Waals surface area contributed by atoms with Crippen LogP contribution in [-0.2, 0) is 6.54 Å². The van der Waals surface area contributed by atoms with Crippen LogP contribution in [0.3, 0.4) is 0 Å². The van der Waals surface area contributed by atoms with E-state index >= 15 is 0 Å². The Labute approximate surface area is 96.5 Å². The minimum atomic E-state index is 0.444. The van der Waals surface area contributed by atoms with Crippen molar-refractivity contribution in [1.82, 2.24) is 14.7 Å². The van der Waals surface area contributed by atoms with Gasteiger partial charge in [-0.15, -0.1) is 0 Å². The van der Waals surface area contributed by atoms with E-state index in [9.17, 15) is 0 Å². The first kappa shape index (κ1) is 11.1. The molecule has 0 bridgehead atoms. The molecule has 2 rings (SSSR count). The van der Waals surface area contributed by atoms with E-state index in [-0.39, 0.29) is 0 Å². The highest BCUT2D eigenvalue weighted by atomic mass is 15.0. The van der Waals surface area contributed by atoms with Crippen molar-refractivity contribution in [3.63, 3.8) is 0 Å². The molecule has 2 aromatic rings. The number of rotatable bonds is 3. The van der Waals surface area contributed by atoms with Crippen molar-refractivity contribution in [3.05, 3.63) is 35.4 Å². The first-order chi connectivity index (χ1) is 7.65. The van der Waals surface area contributed by atoms with Crippen LogP contribution in [0.1, 0.15) is 36.8 Å². The van der Waals surface area contributed by atoms with Crippen molar-refractivity contribution in [2.45, 2.75) is 33.2 Å². The number of nitrogens with one attached hydrogen (secondary N) is 1. The number of aromatic nitrogens is 2. The topological polar surface area (TPSA) is 29.3 Å². The van der Waals surface area contributed by atoms with Gasteiger partial charge < -0.3 is 9.72 Å². The second-order valence-corrected chi connectivity index (χ2v) is 4.51. The van der Waals surface area contributed by atoms with Gasteiger partial charge in [-0.05, 0) is 25.6 Å². The predicted molar refractivity (Wildman–Crippen MR) is 66.8 cm³/mol. The van der Waals surface area contributed by atoms with Gasteiger partial charge in [-0.1, -0.05) is 19.9 Å². The normalized spacial score (nSPS) is 11.6. The van der Waals surface area contributed by atoms with Gasteiger partial charge in [0.15, 0.2) is 0 Å². The average Bonchev–Trinajstić information content (AvgIpc) is 2.59. The molecule has 0 radical (unpaired) electrons. The Morgan fingerprint density at radius 3 is 2.81 bits per heavy atom. The van der Waals surface area contributed by atoms with Gasteiger partial charge in [-0.3, -0.25) is 0 Å². The Morgan fingerprint density at radius 1 is 1.44 bits per heavy atom. The zero-order chi connectivity index (χ0) is 11.7. The maximum absolute atomic E-state index is 4.74. The molecule has 0 atom stereocenters. The van der Waals surface area contributed by atoms with E-state index in [4.69, 9.17) is 4.98 Å². The zero-order valence-electron chi connectivity index (χ0n) is 10.4. The standard InChI is InChI=1S/C13H19N3/c1-9(2)13-15-11(8-14-4)12-10(3)6-5-7-16(12)13/h5-7,9,14H,8H2,1-4H3. The lowest BCUT2D eigenvalue weighted by atomic mass is 10.2. The molecule has 0 aromatic carbocycles. The third kappa shape index (κ3) is 1.71. The molecule has 3 nitrogen and oxygen atoms in total. The number of hydrogen-bond acceptors (Lipinski definition) is 2. The average molecular weight is 217 g/mol. The molecule has 0 spiro atoms. The summed E-state index contributed by atoms with van der Waals surface area (Å²) in [6, 6.07) is 4.22. The molecule has 2 heterocycles. The van der Waals surface area contributed by atoms with Crippen LogP contribution in [0.15, 0.2) is 18.3 Å². The second-order valence-electron chi connectivity index (χ2n) is 4.51. The van der Waals surface area contributed by atoms with Gasteiger partial charge in [-0.2, -0.15) is 0 Å². The van der Waals surface area contributed by atoms with Crippen LogP contribution in [0.4, 0.5) is 0 Å². The molecule has 0 unspecified atom stereocenters. The van der Waals surface area contributed by atoms with Crippen LogP contribution in [0.2, 0.25) is 0 Å². The van der Waals surface area contributed by atoms with Gasteiger partial charge in [0.1, 0.15) is 5.82 Å². The molecule has 0 saturated carbocycles. The Bertz CT molecular complexity index is 497. The minimum absolute atomic E-state index is 0.444. The Morgan fingerprint density at radius 2 is 2.19 bits per heavy atom. The first-order valence-electron chi connectivity index (χ1n) is 5.76. The summed E-state index contributed by atoms with van der Waals surface area (Å²) in [6.45, 7) is 7.32. The monoisotopic (exact) mass is 217 g/mol. The summed E-state index contributed by atoms with van der Waals surface area (Å²) in [5.74, 6) is 1.59. The molecular formula is C13H19N3. The highest BCUT2D eigenvalue weighted by molar-refractivity contribution is 5.59. The summed E-state index contributed by atoms with van der Waals surface area (Å²) in [6.07, 6.45) is 2.10. The fraction of sp³-hybridized carbons (Fsp3) is 0.462. The molecule has 16 heavy (non-hydrogen) atoms. The lowest BCUT2D eigenvalue weighted by Gasteiger charge is -2.04. The molecule has 0 aliphatic heterocycles. The van der Waals surface area contributed by atoms with Crippen LogP contribution in [-0.4, -0.2) is 16.4 Å². The second kappa shape index (κ2) is 4.26. The highest BCUT2D eigenvalue weighted by Crippen LogP contribution is 2.21. The van der Waals surface area contributed by atoms with Crippen molar-refractivity contribution in [2.24, 2.45) is 0 Å². The lowest BCUT2D eigenvalue weighted by molar-refractivity contribution is 0.751. The van der Waals surface area contributed by atoms with Crippen LogP contribution in [0.25, 0.3) is 5.52 Å². The lowest BCUT2D eigenvalue weighted by Crippen LogP contribution is -2.06. The van der Waals surface area contributed by atoms with Gasteiger partial charge in [0, 0.05) is 18.7 Å². The van der Waals surface area contributed by atoms with Crippen LogP contribution in [0.5, 0.6) is 0 Å². The number of imidazole rings is 1. The van der Waals surface area contributed by atoms with Gasteiger partial charge in [-0.25, -0.2) is 4.98 Å². The molecule has 0 fully saturated rings. The smallest absolute Gasteiger partial charge is 0.116 e. The third-order valence-corrected chi connectivity index (χ3v) is 2.83. The van der Waals surface area contributed by atoms with E-state index in [0.29, 0.717) is 5.92 Å². The summed E-state index contributed by atoms with van der Waals surface area (Å²) >= 11 is 0. The van der Waals surface area contributed by atoms with Crippen molar-refractivity contribution < 1.29 is 0 Å². The molecule has 0 aliphatic rings. The minimum Gasteiger partial charge on any atom is -0.314 e. The molecule has 86 valence electrons. The summed E-state index contributed by atoms with van der Waals surface area (Å²) in [5.41, 5.74) is 3.68. The maximum atomic E-state index is 4.74. The van der Waals surface area contributed by atoms with Crippen LogP contribution >= 0.6 is 0 Å². The third-order valence-electron chi connectivity index (χ3n) is 2.83. The number of aryl methyl sites for hydroxylation is 1. The summed E-state index contributed by atoms with van der Waals surface area (Å²) in [5, 5.41) is 3.18. The molecule has 0 amide bonds. The van der Waals surface area contributed by atoms with E-state index in [2.05, 4.69) is 48.8 Å². The number of nitrogens with zero attached hydrogens (tertiary/aromatic N) is 2. The van der Waals surface area contributed by atoms with Gasteiger partial charge >= 0.3 is 0 Å². The van der Waals surface area contributed by atoms with Crippen LogP contribution in [0, 0.1) is 6.92 Å². The Kier molecular flexibility index (Phi) is 2.97. The summed E-state index contributed by atoms with van der Waals surface area (Å²) in [4.78, 5) is 4.74. The molecule has 3 heteroatoms. The molecular weight excluding hydrogens is 198 g/mol. The van der Waals surface area contributed by atoms with Crippen molar-refractivity contribution in [1.29, 1.82) is 0 Å². The molecule has 2 aromatic heterocycles. The number of hydrogen-bond donors (Lipinski definition) is 1. The molecule has 1 N–H and O–H groups in total. The predicted octanol–water partition coefficient (Wildman–Crippen LogP) is 2.49. The van der Waals surface area contributed by atoms with Gasteiger partial charge in [0.05, 0.1) is 11.2 Å². The largest absolute Gasteiger partial charge is 0.314 e. The fourth-order valence-electron chi connectivity index (χ4n) is 2.12. The van der Waals surface area contributed by atoms with E-state index in [1.54, 1.807) is 0 Å². The van der Waals surface area contributed by atoms with E-state index in [0.717, 1.165) is 18.1 Å². The van der Waals surface area contributed by atoms with E-state index in [1.807, 2.05) is 7.05 Å². The van der Waals surface area contributed by atoms with Gasteiger partial charge in [0.2, 0.25) is 0 Å². The van der Waals surface area contributed by atoms with Crippen molar-refractivity contribution in [3.8, 4) is 0 Å². The van der Waals surface area contributed by atoms with Crippen molar-refractivity contribution in [2.75, 3.05) is 7.05 Å². The van der Waals surface area contributed by atoms with Crippen molar-refractivity contribution >= 4 is 5.52 Å². The maximum Gasteiger partial charge on any atom is 0.116 e. The SMILES string of the molecule is CNCc1nc(C(C)C)n2cccc(C)c12. The highest BCUT2D eigenvalue weighted by Gasteiger charge is 2.13. The van der Waals surface area contributed by atoms with Crippen LogP contribution < -0.4 is 5.32 Å². The zero-order valence-corrected chi connectivity index (χ0v) is 10.4. The summed E-state index contributed by atoms with van der Waals surface area (Å²) < 4.78 is 2.21. The molecule has 0 aliphatic carbocycles. The fourth-order valence-corrected chi connectivity index (χ4v) is 2.12. The summed E-state index contributed by atoms with van der Waals surface area (Å²) in [7, 11) is 1.96. The Hall–Kier alpha value is -1.35. The Balaban J connectivity index is 2.71. The van der Waals surface area contributed by atoms with E-state index < -0.39 is 0 Å². The van der Waals surface area contributed by atoms with Gasteiger partial charge in [0.25, 0.3) is 0 Å². The van der Waals surface area contributed by atoms with E-state index in [1.165, 1.54) is 11.1 Å². The number of fused-ring (bicyclic) bond motifs is 1. The first-order valence-corrected chi connectivity index (χ1v) is 5.76. The molecule has 0 saturated heterocycles. The number of pyridine rings is 1. The quantitative estimate of drug-likeness (QED) is 0.856.